The summed E-state index contributed by atoms with van der Waals surface area (Å²) in [6.07, 6.45) is 2.57. The molecule has 1 fully saturated rings. The fourth-order valence-electron chi connectivity index (χ4n) is 2.05. The Balaban J connectivity index is 2.19. The molecular formula is C11H23NO2. The Labute approximate surface area is 86.7 Å². The Hall–Kier alpha value is -0.120. The summed E-state index contributed by atoms with van der Waals surface area (Å²) >= 11 is 0. The second-order valence-corrected chi connectivity index (χ2v) is 5.04. The lowest BCUT2D eigenvalue weighted by Gasteiger charge is -2.36. The second-order valence-electron chi connectivity index (χ2n) is 5.04. The first kappa shape index (κ1) is 12.0. The Morgan fingerprint density at radius 2 is 2.00 bits per heavy atom. The minimum Gasteiger partial charge on any atom is -0.393 e. The molecule has 14 heavy (non-hydrogen) atoms. The predicted octanol–water partition coefficient (Wildman–Crippen LogP) is 0.850. The molecule has 0 saturated heterocycles. The molecule has 84 valence electrons. The van der Waals surface area contributed by atoms with Gasteiger partial charge in [-0.1, -0.05) is 6.92 Å². The third-order valence-electron chi connectivity index (χ3n) is 3.15. The van der Waals surface area contributed by atoms with E-state index in [2.05, 4.69) is 4.90 Å². The van der Waals surface area contributed by atoms with Crippen molar-refractivity contribution in [1.29, 1.82) is 0 Å². The van der Waals surface area contributed by atoms with E-state index in [4.69, 9.17) is 5.11 Å². The van der Waals surface area contributed by atoms with Crippen molar-refractivity contribution >= 4 is 0 Å². The third-order valence-corrected chi connectivity index (χ3v) is 3.15. The summed E-state index contributed by atoms with van der Waals surface area (Å²) in [6.45, 7) is 5.59. The van der Waals surface area contributed by atoms with E-state index in [9.17, 15) is 5.11 Å². The van der Waals surface area contributed by atoms with Crippen LogP contribution in [-0.2, 0) is 0 Å². The molecular weight excluding hydrogens is 178 g/mol. The summed E-state index contributed by atoms with van der Waals surface area (Å²) in [5.74, 6) is 0.627. The van der Waals surface area contributed by atoms with Crippen molar-refractivity contribution in [1.82, 2.24) is 4.90 Å². The lowest BCUT2D eigenvalue weighted by atomic mass is 9.82. The molecule has 1 aliphatic rings. The molecule has 0 spiro atoms. The first-order chi connectivity index (χ1) is 6.43. The van der Waals surface area contributed by atoms with E-state index in [0.717, 1.165) is 32.4 Å². The standard InChI is InChI=1S/C11H23NO2/c1-4-11(2,14)8-12(3)7-9-5-10(13)6-9/h9-10,13-14H,4-8H2,1-3H3. The van der Waals surface area contributed by atoms with Crippen molar-refractivity contribution in [3.8, 4) is 0 Å². The first-order valence-electron chi connectivity index (χ1n) is 5.52. The van der Waals surface area contributed by atoms with E-state index >= 15 is 0 Å². The molecule has 1 aliphatic carbocycles. The topological polar surface area (TPSA) is 43.7 Å². The summed E-state index contributed by atoms with van der Waals surface area (Å²) < 4.78 is 0. The zero-order chi connectivity index (χ0) is 10.8. The van der Waals surface area contributed by atoms with Crippen molar-refractivity contribution in [2.45, 2.75) is 44.8 Å². The maximum absolute atomic E-state index is 9.86. The van der Waals surface area contributed by atoms with E-state index in [1.807, 2.05) is 20.9 Å². The summed E-state index contributed by atoms with van der Waals surface area (Å²) in [4.78, 5) is 2.17. The van der Waals surface area contributed by atoms with Gasteiger partial charge in [0.05, 0.1) is 11.7 Å². The van der Waals surface area contributed by atoms with Crippen LogP contribution in [0.5, 0.6) is 0 Å². The Morgan fingerprint density at radius 1 is 1.43 bits per heavy atom. The fourth-order valence-corrected chi connectivity index (χ4v) is 2.05. The molecule has 0 heterocycles. The number of hydrogen-bond donors (Lipinski definition) is 2. The Morgan fingerprint density at radius 3 is 2.43 bits per heavy atom. The number of nitrogens with zero attached hydrogens (tertiary/aromatic N) is 1. The maximum atomic E-state index is 9.86. The molecule has 1 unspecified atom stereocenters. The fraction of sp³-hybridized carbons (Fsp3) is 1.00. The van der Waals surface area contributed by atoms with Crippen LogP contribution in [0.2, 0.25) is 0 Å². The molecule has 0 bridgehead atoms. The predicted molar refractivity (Wildman–Crippen MR) is 57.1 cm³/mol. The molecule has 1 atom stereocenters. The van der Waals surface area contributed by atoms with Gasteiger partial charge >= 0.3 is 0 Å². The van der Waals surface area contributed by atoms with Gasteiger partial charge in [0.1, 0.15) is 0 Å². The van der Waals surface area contributed by atoms with Crippen molar-refractivity contribution in [3.05, 3.63) is 0 Å². The van der Waals surface area contributed by atoms with Gasteiger partial charge in [-0.15, -0.1) is 0 Å². The van der Waals surface area contributed by atoms with Gasteiger partial charge in [-0.3, -0.25) is 0 Å². The highest BCUT2D eigenvalue weighted by Gasteiger charge is 2.29. The van der Waals surface area contributed by atoms with Gasteiger partial charge in [0.15, 0.2) is 0 Å². The number of rotatable bonds is 5. The monoisotopic (exact) mass is 201 g/mol. The van der Waals surface area contributed by atoms with Crippen LogP contribution in [-0.4, -0.2) is 47.0 Å². The van der Waals surface area contributed by atoms with Gasteiger partial charge in [0, 0.05) is 13.1 Å². The van der Waals surface area contributed by atoms with Crippen LogP contribution < -0.4 is 0 Å². The molecule has 2 N–H and O–H groups in total. The average molecular weight is 201 g/mol. The zero-order valence-electron chi connectivity index (χ0n) is 9.53. The highest BCUT2D eigenvalue weighted by molar-refractivity contribution is 4.82. The lowest BCUT2D eigenvalue weighted by molar-refractivity contribution is -0.00448. The SMILES string of the molecule is CCC(C)(O)CN(C)CC1CC(O)C1. The van der Waals surface area contributed by atoms with Gasteiger partial charge in [0.25, 0.3) is 0 Å². The number of aliphatic hydroxyl groups excluding tert-OH is 1. The van der Waals surface area contributed by atoms with E-state index in [1.54, 1.807) is 0 Å². The van der Waals surface area contributed by atoms with E-state index in [1.165, 1.54) is 0 Å². The van der Waals surface area contributed by atoms with E-state index in [0.29, 0.717) is 5.92 Å². The highest BCUT2D eigenvalue weighted by atomic mass is 16.3. The number of aliphatic hydroxyl groups is 2. The summed E-state index contributed by atoms with van der Waals surface area (Å²) in [6, 6.07) is 0. The molecule has 0 aliphatic heterocycles. The average Bonchev–Trinajstić information content (AvgIpc) is 2.00. The Kier molecular flexibility index (Phi) is 3.93. The first-order valence-corrected chi connectivity index (χ1v) is 5.52. The molecule has 0 radical (unpaired) electrons. The van der Waals surface area contributed by atoms with Gasteiger partial charge < -0.3 is 15.1 Å². The van der Waals surface area contributed by atoms with Gasteiger partial charge in [0.2, 0.25) is 0 Å². The number of hydrogen-bond acceptors (Lipinski definition) is 3. The van der Waals surface area contributed by atoms with Crippen LogP contribution in [0.25, 0.3) is 0 Å². The number of likely N-dealkylation sites (N-methyl/N-ethyl adjacent to an activating group) is 1. The van der Waals surface area contributed by atoms with Crippen LogP contribution in [0.4, 0.5) is 0 Å². The van der Waals surface area contributed by atoms with E-state index in [-0.39, 0.29) is 6.10 Å². The highest BCUT2D eigenvalue weighted by Crippen LogP contribution is 2.27. The molecule has 1 saturated carbocycles. The molecule has 3 nitrogen and oxygen atoms in total. The molecule has 0 aromatic carbocycles. The van der Waals surface area contributed by atoms with Crippen LogP contribution in [0, 0.1) is 5.92 Å². The second kappa shape index (κ2) is 4.60. The van der Waals surface area contributed by atoms with Crippen molar-refractivity contribution < 1.29 is 10.2 Å². The molecule has 0 aromatic heterocycles. The smallest absolute Gasteiger partial charge is 0.0743 e. The minimum absolute atomic E-state index is 0.0694. The largest absolute Gasteiger partial charge is 0.393 e. The van der Waals surface area contributed by atoms with Crippen LogP contribution in [0.1, 0.15) is 33.1 Å². The summed E-state index contributed by atoms with van der Waals surface area (Å²) in [5, 5.41) is 19.0. The van der Waals surface area contributed by atoms with Crippen molar-refractivity contribution in [2.24, 2.45) is 5.92 Å². The van der Waals surface area contributed by atoms with Gasteiger partial charge in [-0.05, 0) is 39.2 Å². The van der Waals surface area contributed by atoms with Crippen LogP contribution >= 0.6 is 0 Å². The lowest BCUT2D eigenvalue weighted by Crippen LogP contribution is -2.43. The van der Waals surface area contributed by atoms with Crippen LogP contribution in [0.15, 0.2) is 0 Å². The van der Waals surface area contributed by atoms with Crippen LogP contribution in [0.3, 0.4) is 0 Å². The van der Waals surface area contributed by atoms with Gasteiger partial charge in [-0.2, -0.15) is 0 Å². The normalized spacial score (nSPS) is 31.3. The summed E-state index contributed by atoms with van der Waals surface area (Å²) in [5.41, 5.74) is -0.572. The van der Waals surface area contributed by atoms with E-state index < -0.39 is 5.60 Å². The maximum Gasteiger partial charge on any atom is 0.0743 e. The third kappa shape index (κ3) is 3.56. The molecule has 0 aromatic rings. The molecule has 3 heteroatoms. The van der Waals surface area contributed by atoms with Gasteiger partial charge in [-0.25, -0.2) is 0 Å². The minimum atomic E-state index is -0.572. The Bertz CT molecular complexity index is 176. The molecule has 1 rings (SSSR count). The zero-order valence-corrected chi connectivity index (χ0v) is 9.53. The molecule has 0 amide bonds. The van der Waals surface area contributed by atoms with Crippen molar-refractivity contribution in [2.75, 3.05) is 20.1 Å². The quantitative estimate of drug-likeness (QED) is 0.693. The summed E-state index contributed by atoms with van der Waals surface area (Å²) in [7, 11) is 2.04. The van der Waals surface area contributed by atoms with Crippen molar-refractivity contribution in [3.63, 3.8) is 0 Å².